The zero-order valence-corrected chi connectivity index (χ0v) is 16.8. The van der Waals surface area contributed by atoms with E-state index in [-0.39, 0.29) is 11.9 Å². The number of carbonyl (C=O) groups excluding carboxylic acids is 2. The maximum atomic E-state index is 12.2. The van der Waals surface area contributed by atoms with E-state index in [2.05, 4.69) is 25.3 Å². The van der Waals surface area contributed by atoms with Gasteiger partial charge in [-0.25, -0.2) is 19.7 Å². The first-order chi connectivity index (χ1) is 13.0. The molecule has 8 nitrogen and oxygen atoms in total. The molecule has 0 bridgehead atoms. The molecule has 9 heteroatoms. The summed E-state index contributed by atoms with van der Waals surface area (Å²) in [4.78, 5) is 39.6. The van der Waals surface area contributed by atoms with Gasteiger partial charge in [0.25, 0.3) is 0 Å². The van der Waals surface area contributed by atoms with Crippen molar-refractivity contribution in [2.75, 3.05) is 12.4 Å². The molecular formula is C18H27N5O3S. The lowest BCUT2D eigenvalue weighted by atomic mass is 10.0. The van der Waals surface area contributed by atoms with Crippen LogP contribution in [-0.4, -0.2) is 50.2 Å². The molecule has 2 aromatic rings. The molecule has 0 aliphatic carbocycles. The number of esters is 1. The molecule has 0 saturated carbocycles. The maximum absolute atomic E-state index is 12.2. The van der Waals surface area contributed by atoms with Gasteiger partial charge in [0.05, 0.1) is 12.9 Å². The Bertz CT molecular complexity index is 749. The number of H-pyrrole nitrogens is 1. The molecule has 1 amide bonds. The van der Waals surface area contributed by atoms with Crippen LogP contribution in [-0.2, 0) is 14.3 Å². The second-order valence-electron chi connectivity index (χ2n) is 6.59. The summed E-state index contributed by atoms with van der Waals surface area (Å²) in [5, 5.41) is 3.67. The number of ether oxygens (including phenoxy) is 1. The van der Waals surface area contributed by atoms with E-state index in [1.54, 1.807) is 25.0 Å². The predicted octanol–water partition coefficient (Wildman–Crippen LogP) is 2.71. The molecule has 0 fully saturated rings. The Balaban J connectivity index is 1.71. The monoisotopic (exact) mass is 393 g/mol. The van der Waals surface area contributed by atoms with Gasteiger partial charge in [0.1, 0.15) is 22.9 Å². The Kier molecular flexibility index (Phi) is 8.50. The molecule has 27 heavy (non-hydrogen) atoms. The van der Waals surface area contributed by atoms with Crippen molar-refractivity contribution in [3.63, 3.8) is 0 Å². The summed E-state index contributed by atoms with van der Waals surface area (Å²) in [6.07, 6.45) is 5.68. The van der Waals surface area contributed by atoms with E-state index in [4.69, 9.17) is 4.74 Å². The fourth-order valence-electron chi connectivity index (χ4n) is 2.60. The summed E-state index contributed by atoms with van der Waals surface area (Å²) < 4.78 is 5.05. The van der Waals surface area contributed by atoms with Gasteiger partial charge >= 0.3 is 5.97 Å². The van der Waals surface area contributed by atoms with Crippen LogP contribution in [0.2, 0.25) is 0 Å². The molecule has 0 aliphatic rings. The molecular weight excluding hydrogens is 366 g/mol. The van der Waals surface area contributed by atoms with Gasteiger partial charge in [-0.2, -0.15) is 0 Å². The number of rotatable bonds is 11. The highest BCUT2D eigenvalue weighted by Gasteiger charge is 2.22. The van der Waals surface area contributed by atoms with Gasteiger partial charge in [0.2, 0.25) is 5.91 Å². The van der Waals surface area contributed by atoms with Crippen LogP contribution in [0.25, 0.3) is 11.2 Å². The van der Waals surface area contributed by atoms with E-state index in [0.29, 0.717) is 31.0 Å². The molecule has 0 radical (unpaired) electrons. The maximum Gasteiger partial charge on any atom is 0.328 e. The van der Waals surface area contributed by atoms with Crippen LogP contribution in [0, 0.1) is 5.92 Å². The first-order valence-corrected chi connectivity index (χ1v) is 10.2. The molecule has 2 heterocycles. The third kappa shape index (κ3) is 6.82. The molecule has 0 spiro atoms. The quantitative estimate of drug-likeness (QED) is 0.261. The number of aromatic amines is 1. The molecule has 1 atom stereocenters. The Morgan fingerprint density at radius 1 is 1.26 bits per heavy atom. The van der Waals surface area contributed by atoms with Crippen LogP contribution in [0.15, 0.2) is 17.7 Å². The summed E-state index contributed by atoms with van der Waals surface area (Å²) in [5.74, 6) is 0.661. The summed E-state index contributed by atoms with van der Waals surface area (Å²) in [6, 6.07) is -0.568. The average molecular weight is 394 g/mol. The Hall–Kier alpha value is -2.16. The van der Waals surface area contributed by atoms with Gasteiger partial charge < -0.3 is 15.0 Å². The highest BCUT2D eigenvalue weighted by molar-refractivity contribution is 7.99. The van der Waals surface area contributed by atoms with Gasteiger partial charge in [-0.1, -0.05) is 13.8 Å². The lowest BCUT2D eigenvalue weighted by Crippen LogP contribution is -2.42. The van der Waals surface area contributed by atoms with E-state index in [1.807, 2.05) is 13.8 Å². The standard InChI is InChI=1S/C18H27N5O3S/c1-4-26-18(25)13(9-12(2)3)23-14(24)7-5-6-8-27-17-15-16(20-10-19-15)21-11-22-17/h10-13H,4-9H2,1-3H3,(H,23,24)(H,19,20,21,22). The van der Waals surface area contributed by atoms with E-state index in [0.717, 1.165) is 29.1 Å². The fourth-order valence-corrected chi connectivity index (χ4v) is 3.56. The third-order valence-corrected chi connectivity index (χ3v) is 4.91. The van der Waals surface area contributed by atoms with Crippen LogP contribution >= 0.6 is 11.8 Å². The van der Waals surface area contributed by atoms with Crippen LogP contribution in [0.5, 0.6) is 0 Å². The van der Waals surface area contributed by atoms with Gasteiger partial charge in [-0.15, -0.1) is 11.8 Å². The number of nitrogens with one attached hydrogen (secondary N) is 2. The topological polar surface area (TPSA) is 110 Å². The Labute approximate surface area is 163 Å². The minimum atomic E-state index is -0.568. The number of hydrogen-bond donors (Lipinski definition) is 2. The predicted molar refractivity (Wildman–Crippen MR) is 104 cm³/mol. The summed E-state index contributed by atoms with van der Waals surface area (Å²) in [7, 11) is 0. The number of nitrogens with zero attached hydrogens (tertiary/aromatic N) is 3. The number of unbranched alkanes of at least 4 members (excludes halogenated alkanes) is 1. The number of amides is 1. The van der Waals surface area contributed by atoms with Crippen molar-refractivity contribution in [1.29, 1.82) is 0 Å². The normalized spacial score (nSPS) is 12.3. The second kappa shape index (κ2) is 10.9. The number of carbonyl (C=O) groups is 2. The first-order valence-electron chi connectivity index (χ1n) is 9.24. The van der Waals surface area contributed by atoms with Gasteiger partial charge in [0.15, 0.2) is 5.65 Å². The molecule has 0 saturated heterocycles. The van der Waals surface area contributed by atoms with Crippen molar-refractivity contribution < 1.29 is 14.3 Å². The van der Waals surface area contributed by atoms with Crippen molar-refractivity contribution in [3.05, 3.63) is 12.7 Å². The van der Waals surface area contributed by atoms with Crippen molar-refractivity contribution in [2.45, 2.75) is 57.5 Å². The average Bonchev–Trinajstić information content (AvgIpc) is 3.10. The van der Waals surface area contributed by atoms with E-state index in [9.17, 15) is 9.59 Å². The van der Waals surface area contributed by atoms with Crippen molar-refractivity contribution in [2.24, 2.45) is 5.92 Å². The number of fused-ring (bicyclic) bond motifs is 1. The molecule has 2 aromatic heterocycles. The molecule has 0 aliphatic heterocycles. The minimum Gasteiger partial charge on any atom is -0.464 e. The Morgan fingerprint density at radius 3 is 2.81 bits per heavy atom. The summed E-state index contributed by atoms with van der Waals surface area (Å²) in [5.41, 5.74) is 1.49. The fraction of sp³-hybridized carbons (Fsp3) is 0.611. The van der Waals surface area contributed by atoms with Crippen molar-refractivity contribution >= 4 is 34.8 Å². The van der Waals surface area contributed by atoms with Gasteiger partial charge in [-0.3, -0.25) is 4.79 Å². The minimum absolute atomic E-state index is 0.114. The zero-order chi connectivity index (χ0) is 19.6. The highest BCUT2D eigenvalue weighted by Crippen LogP contribution is 2.22. The van der Waals surface area contributed by atoms with Crippen LogP contribution in [0.4, 0.5) is 0 Å². The summed E-state index contributed by atoms with van der Waals surface area (Å²) in [6.45, 7) is 6.10. The van der Waals surface area contributed by atoms with Gasteiger partial charge in [-0.05, 0) is 37.9 Å². The van der Waals surface area contributed by atoms with Crippen LogP contribution < -0.4 is 5.32 Å². The number of hydrogen-bond acceptors (Lipinski definition) is 7. The lowest BCUT2D eigenvalue weighted by Gasteiger charge is -2.19. The third-order valence-electron chi connectivity index (χ3n) is 3.84. The number of thioether (sulfide) groups is 1. The lowest BCUT2D eigenvalue weighted by molar-refractivity contribution is -0.147. The molecule has 2 rings (SSSR count). The van der Waals surface area contributed by atoms with E-state index < -0.39 is 6.04 Å². The van der Waals surface area contributed by atoms with Crippen LogP contribution in [0.1, 0.15) is 46.5 Å². The zero-order valence-electron chi connectivity index (χ0n) is 16.0. The summed E-state index contributed by atoms with van der Waals surface area (Å²) >= 11 is 1.61. The number of aromatic nitrogens is 4. The second-order valence-corrected chi connectivity index (χ2v) is 7.67. The molecule has 1 unspecified atom stereocenters. The number of imidazole rings is 1. The van der Waals surface area contributed by atoms with Gasteiger partial charge in [0, 0.05) is 6.42 Å². The van der Waals surface area contributed by atoms with Crippen molar-refractivity contribution in [3.8, 4) is 0 Å². The molecule has 148 valence electrons. The van der Waals surface area contributed by atoms with E-state index >= 15 is 0 Å². The first kappa shape index (κ1) is 21.1. The smallest absolute Gasteiger partial charge is 0.328 e. The van der Waals surface area contributed by atoms with Crippen molar-refractivity contribution in [1.82, 2.24) is 25.3 Å². The SMILES string of the molecule is CCOC(=O)C(CC(C)C)NC(=O)CCCCSc1ncnc2nc[nH]c12. The molecule has 2 N–H and O–H groups in total. The molecule has 0 aromatic carbocycles. The largest absolute Gasteiger partial charge is 0.464 e. The Morgan fingerprint density at radius 2 is 2.07 bits per heavy atom. The highest BCUT2D eigenvalue weighted by atomic mass is 32.2. The van der Waals surface area contributed by atoms with Crippen LogP contribution in [0.3, 0.4) is 0 Å². The van der Waals surface area contributed by atoms with E-state index in [1.165, 1.54) is 6.33 Å².